The second-order valence-corrected chi connectivity index (χ2v) is 6.94. The molecule has 0 spiro atoms. The van der Waals surface area contributed by atoms with Gasteiger partial charge >= 0.3 is 0 Å². The minimum atomic E-state index is -0.0448. The van der Waals surface area contributed by atoms with E-state index in [4.69, 9.17) is 9.47 Å². The number of carbonyl (C=O) groups is 1. The van der Waals surface area contributed by atoms with E-state index in [0.29, 0.717) is 13.2 Å². The molecule has 1 unspecified atom stereocenters. The molecule has 3 rings (SSSR count). The van der Waals surface area contributed by atoms with Gasteiger partial charge in [-0.15, -0.1) is 0 Å². The van der Waals surface area contributed by atoms with Gasteiger partial charge in [0.25, 0.3) is 0 Å². The number of ether oxygens (including phenoxy) is 2. The minimum Gasteiger partial charge on any atom is -0.486 e. The summed E-state index contributed by atoms with van der Waals surface area (Å²) < 4.78 is 11.1. The van der Waals surface area contributed by atoms with E-state index in [-0.39, 0.29) is 5.91 Å². The Morgan fingerprint density at radius 3 is 2.96 bits per heavy atom. The Morgan fingerprint density at radius 1 is 1.28 bits per heavy atom. The van der Waals surface area contributed by atoms with Gasteiger partial charge < -0.3 is 19.7 Å². The Bertz CT molecular complexity index is 615. The Kier molecular flexibility index (Phi) is 6.34. The summed E-state index contributed by atoms with van der Waals surface area (Å²) in [7, 11) is 0. The van der Waals surface area contributed by atoms with Gasteiger partial charge in [-0.25, -0.2) is 0 Å². The van der Waals surface area contributed by atoms with Gasteiger partial charge in [0.2, 0.25) is 5.91 Å². The first kappa shape index (κ1) is 17.8. The van der Waals surface area contributed by atoms with Gasteiger partial charge in [-0.1, -0.05) is 6.07 Å². The maximum atomic E-state index is 12.0. The van der Waals surface area contributed by atoms with E-state index in [2.05, 4.69) is 12.2 Å². The molecular formula is C20H29N2O3+. The number of fused-ring (bicyclic) bond motifs is 1. The zero-order chi connectivity index (χ0) is 17.5. The quantitative estimate of drug-likeness (QED) is 0.606. The van der Waals surface area contributed by atoms with Gasteiger partial charge in [0, 0.05) is 19.0 Å². The molecule has 1 saturated heterocycles. The van der Waals surface area contributed by atoms with Crippen LogP contribution in [0.25, 0.3) is 6.08 Å². The van der Waals surface area contributed by atoms with Crippen LogP contribution in [-0.4, -0.2) is 44.8 Å². The summed E-state index contributed by atoms with van der Waals surface area (Å²) >= 11 is 0. The third-order valence-corrected chi connectivity index (χ3v) is 5.05. The highest BCUT2D eigenvalue weighted by atomic mass is 16.6. The average molecular weight is 345 g/mol. The number of hydrogen-bond acceptors (Lipinski definition) is 3. The first-order valence-electron chi connectivity index (χ1n) is 9.42. The van der Waals surface area contributed by atoms with E-state index in [1.807, 2.05) is 24.3 Å². The zero-order valence-corrected chi connectivity index (χ0v) is 15.1. The maximum Gasteiger partial charge on any atom is 0.244 e. The highest BCUT2D eigenvalue weighted by Gasteiger charge is 2.20. The van der Waals surface area contributed by atoms with Crippen molar-refractivity contribution < 1.29 is 19.2 Å². The molecule has 1 aromatic rings. The summed E-state index contributed by atoms with van der Waals surface area (Å²) in [4.78, 5) is 13.6. The molecular weight excluding hydrogens is 316 g/mol. The lowest BCUT2D eigenvalue weighted by atomic mass is 10.0. The van der Waals surface area contributed by atoms with Crippen molar-refractivity contribution in [2.24, 2.45) is 0 Å². The van der Waals surface area contributed by atoms with Gasteiger partial charge in [0.1, 0.15) is 13.2 Å². The van der Waals surface area contributed by atoms with Crippen LogP contribution < -0.4 is 19.7 Å². The topological polar surface area (TPSA) is 52.0 Å². The monoisotopic (exact) mass is 345 g/mol. The number of likely N-dealkylation sites (tertiary alicyclic amines) is 1. The van der Waals surface area contributed by atoms with Crippen LogP contribution in [-0.2, 0) is 4.79 Å². The van der Waals surface area contributed by atoms with Gasteiger partial charge in [-0.3, -0.25) is 4.79 Å². The van der Waals surface area contributed by atoms with E-state index in [0.717, 1.165) is 42.6 Å². The number of quaternary nitrogens is 1. The van der Waals surface area contributed by atoms with E-state index >= 15 is 0 Å². The molecule has 2 N–H and O–H groups in total. The van der Waals surface area contributed by atoms with Gasteiger partial charge in [-0.2, -0.15) is 0 Å². The standard InChI is InChI=1S/C20H28N2O3/c1-16-5-2-3-11-22(16)12-4-10-21-20(23)9-7-17-6-8-18-19(15-17)25-14-13-24-18/h6-9,15-16H,2-5,10-14H2,1H3,(H,21,23)/p+1/b9-7+/t16-/m0/s1. The minimum absolute atomic E-state index is 0.0448. The Labute approximate surface area is 150 Å². The van der Waals surface area contributed by atoms with Crippen molar-refractivity contribution in [3.05, 3.63) is 29.8 Å². The van der Waals surface area contributed by atoms with Crippen molar-refractivity contribution in [2.45, 2.75) is 38.6 Å². The van der Waals surface area contributed by atoms with Crippen LogP contribution in [0, 0.1) is 0 Å². The third kappa shape index (κ3) is 5.23. The molecule has 5 nitrogen and oxygen atoms in total. The highest BCUT2D eigenvalue weighted by molar-refractivity contribution is 5.91. The molecule has 0 radical (unpaired) electrons. The van der Waals surface area contributed by atoms with Crippen LogP contribution in [0.15, 0.2) is 24.3 Å². The molecule has 0 aliphatic carbocycles. The van der Waals surface area contributed by atoms with Gasteiger partial charge in [-0.05, 0) is 50.0 Å². The molecule has 1 aromatic carbocycles. The van der Waals surface area contributed by atoms with Crippen LogP contribution in [0.3, 0.4) is 0 Å². The van der Waals surface area contributed by atoms with Crippen molar-refractivity contribution in [3.8, 4) is 11.5 Å². The fourth-order valence-corrected chi connectivity index (χ4v) is 3.55. The number of piperidine rings is 1. The smallest absolute Gasteiger partial charge is 0.244 e. The normalized spacial score (nSPS) is 22.8. The predicted octanol–water partition coefficient (Wildman–Crippen LogP) is 1.43. The number of rotatable bonds is 6. The zero-order valence-electron chi connectivity index (χ0n) is 15.1. The molecule has 1 fully saturated rings. The lowest BCUT2D eigenvalue weighted by Gasteiger charge is -2.30. The van der Waals surface area contributed by atoms with Gasteiger partial charge in [0.05, 0.1) is 19.1 Å². The second-order valence-electron chi connectivity index (χ2n) is 6.94. The molecule has 2 aliphatic heterocycles. The number of hydrogen-bond donors (Lipinski definition) is 2. The highest BCUT2D eigenvalue weighted by Crippen LogP contribution is 2.30. The fraction of sp³-hybridized carbons (Fsp3) is 0.550. The molecule has 2 heterocycles. The summed E-state index contributed by atoms with van der Waals surface area (Å²) in [6.07, 6.45) is 8.47. The van der Waals surface area contributed by atoms with Crippen LogP contribution in [0.4, 0.5) is 0 Å². The summed E-state index contributed by atoms with van der Waals surface area (Å²) in [6.45, 7) is 6.65. The number of amides is 1. The summed E-state index contributed by atoms with van der Waals surface area (Å²) in [5.74, 6) is 1.46. The molecule has 25 heavy (non-hydrogen) atoms. The van der Waals surface area contributed by atoms with E-state index < -0.39 is 0 Å². The molecule has 0 bridgehead atoms. The lowest BCUT2D eigenvalue weighted by molar-refractivity contribution is -0.928. The first-order valence-corrected chi connectivity index (χ1v) is 9.42. The van der Waals surface area contributed by atoms with Gasteiger partial charge in [0.15, 0.2) is 11.5 Å². The van der Waals surface area contributed by atoms with Crippen molar-refractivity contribution in [1.29, 1.82) is 0 Å². The molecule has 136 valence electrons. The summed E-state index contributed by atoms with van der Waals surface area (Å²) in [6, 6.07) is 6.48. The van der Waals surface area contributed by atoms with Crippen LogP contribution in [0.5, 0.6) is 11.5 Å². The summed E-state index contributed by atoms with van der Waals surface area (Å²) in [5.41, 5.74) is 0.936. The Morgan fingerprint density at radius 2 is 2.12 bits per heavy atom. The SMILES string of the molecule is C[C@H]1CCCC[NH+]1CCCNC(=O)/C=C/c1ccc2c(c1)OCCO2. The molecule has 2 atom stereocenters. The predicted molar refractivity (Wildman–Crippen MR) is 98.1 cm³/mol. The third-order valence-electron chi connectivity index (χ3n) is 5.05. The van der Waals surface area contributed by atoms with Crippen molar-refractivity contribution in [3.63, 3.8) is 0 Å². The molecule has 0 aromatic heterocycles. The van der Waals surface area contributed by atoms with E-state index in [1.54, 1.807) is 11.0 Å². The largest absolute Gasteiger partial charge is 0.486 e. The number of benzene rings is 1. The van der Waals surface area contributed by atoms with Crippen LogP contribution in [0.1, 0.15) is 38.2 Å². The lowest BCUT2D eigenvalue weighted by Crippen LogP contribution is -3.16. The van der Waals surface area contributed by atoms with Crippen LogP contribution in [0.2, 0.25) is 0 Å². The molecule has 5 heteroatoms. The second kappa shape index (κ2) is 8.90. The number of nitrogens with one attached hydrogen (secondary N) is 2. The van der Waals surface area contributed by atoms with Crippen molar-refractivity contribution in [2.75, 3.05) is 32.8 Å². The van der Waals surface area contributed by atoms with Crippen molar-refractivity contribution >= 4 is 12.0 Å². The number of carbonyl (C=O) groups excluding carboxylic acids is 1. The Hall–Kier alpha value is -2.01. The van der Waals surface area contributed by atoms with E-state index in [1.165, 1.54) is 25.8 Å². The summed E-state index contributed by atoms with van der Waals surface area (Å²) in [5, 5.41) is 2.97. The molecule has 2 aliphatic rings. The van der Waals surface area contributed by atoms with Crippen LogP contribution >= 0.6 is 0 Å². The first-order chi connectivity index (χ1) is 12.2. The maximum absolute atomic E-state index is 12.0. The molecule has 0 saturated carbocycles. The van der Waals surface area contributed by atoms with Crippen molar-refractivity contribution in [1.82, 2.24) is 5.32 Å². The molecule has 1 amide bonds. The fourth-order valence-electron chi connectivity index (χ4n) is 3.55. The average Bonchev–Trinajstić information content (AvgIpc) is 2.64. The Balaban J connectivity index is 1.39. The van der Waals surface area contributed by atoms with E-state index in [9.17, 15) is 4.79 Å².